The SMILES string of the molecule is COc1ccc([C@@]23CCC(=O)C[C@@H]2CN(C)CC3)cc1OC. The van der Waals surface area contributed by atoms with Crippen LogP contribution in [0.15, 0.2) is 18.2 Å². The molecule has 1 aromatic rings. The van der Waals surface area contributed by atoms with Crippen LogP contribution in [0.3, 0.4) is 0 Å². The monoisotopic (exact) mass is 303 g/mol. The van der Waals surface area contributed by atoms with Crippen LogP contribution in [-0.4, -0.2) is 45.0 Å². The van der Waals surface area contributed by atoms with E-state index in [2.05, 4.69) is 24.1 Å². The zero-order valence-electron chi connectivity index (χ0n) is 13.7. The van der Waals surface area contributed by atoms with Crippen LogP contribution in [0, 0.1) is 5.92 Å². The topological polar surface area (TPSA) is 38.8 Å². The average Bonchev–Trinajstić information content (AvgIpc) is 2.54. The number of carbonyl (C=O) groups excluding carboxylic acids is 1. The minimum Gasteiger partial charge on any atom is -0.493 e. The summed E-state index contributed by atoms with van der Waals surface area (Å²) >= 11 is 0. The molecule has 0 amide bonds. The standard InChI is InChI=1S/C18H25NO3/c1-19-9-8-18(7-6-15(20)10-14(18)12-19)13-4-5-16(21-2)17(11-13)22-3/h4-5,11,14H,6-10,12H2,1-3H3/t14-,18+/m1/s1. The number of fused-ring (bicyclic) bond motifs is 1. The molecule has 0 spiro atoms. The largest absolute Gasteiger partial charge is 0.493 e. The third-order valence-corrected chi connectivity index (χ3v) is 5.54. The van der Waals surface area contributed by atoms with Crippen molar-refractivity contribution in [1.82, 2.24) is 4.90 Å². The summed E-state index contributed by atoms with van der Waals surface area (Å²) in [5.74, 6) is 2.37. The Labute approximate surface area is 132 Å². The van der Waals surface area contributed by atoms with Gasteiger partial charge in [0.1, 0.15) is 5.78 Å². The number of benzene rings is 1. The second kappa shape index (κ2) is 5.92. The molecule has 1 aromatic carbocycles. The zero-order chi connectivity index (χ0) is 15.7. The highest BCUT2D eigenvalue weighted by Crippen LogP contribution is 2.49. The highest BCUT2D eigenvalue weighted by molar-refractivity contribution is 5.80. The normalized spacial score (nSPS) is 29.0. The van der Waals surface area contributed by atoms with Crippen LogP contribution < -0.4 is 9.47 Å². The Hall–Kier alpha value is -1.55. The summed E-state index contributed by atoms with van der Waals surface area (Å²) in [7, 11) is 5.49. The van der Waals surface area contributed by atoms with E-state index in [1.165, 1.54) is 5.56 Å². The van der Waals surface area contributed by atoms with Crippen LogP contribution in [0.5, 0.6) is 11.5 Å². The molecule has 2 fully saturated rings. The predicted molar refractivity (Wildman–Crippen MR) is 85.7 cm³/mol. The molecule has 0 aromatic heterocycles. The summed E-state index contributed by atoms with van der Waals surface area (Å²) in [6.07, 6.45) is 3.48. The smallest absolute Gasteiger partial charge is 0.161 e. The molecule has 4 nitrogen and oxygen atoms in total. The Morgan fingerprint density at radius 2 is 1.95 bits per heavy atom. The quantitative estimate of drug-likeness (QED) is 0.860. The van der Waals surface area contributed by atoms with E-state index in [4.69, 9.17) is 9.47 Å². The van der Waals surface area contributed by atoms with Gasteiger partial charge >= 0.3 is 0 Å². The lowest BCUT2D eigenvalue weighted by atomic mass is 9.59. The molecular weight excluding hydrogens is 278 g/mol. The Morgan fingerprint density at radius 3 is 2.68 bits per heavy atom. The molecule has 0 radical (unpaired) electrons. The van der Waals surface area contributed by atoms with E-state index in [1.807, 2.05) is 6.07 Å². The third kappa shape index (κ3) is 2.50. The van der Waals surface area contributed by atoms with Gasteiger partial charge in [0.2, 0.25) is 0 Å². The highest BCUT2D eigenvalue weighted by Gasteiger charge is 2.47. The number of ketones is 1. The maximum Gasteiger partial charge on any atom is 0.161 e. The summed E-state index contributed by atoms with van der Waals surface area (Å²) in [4.78, 5) is 14.3. The molecule has 1 aliphatic carbocycles. The van der Waals surface area contributed by atoms with Crippen LogP contribution in [0.4, 0.5) is 0 Å². The van der Waals surface area contributed by atoms with E-state index in [1.54, 1.807) is 14.2 Å². The molecule has 1 saturated heterocycles. The van der Waals surface area contributed by atoms with Crippen LogP contribution in [-0.2, 0) is 10.2 Å². The molecule has 1 heterocycles. The maximum absolute atomic E-state index is 12.0. The van der Waals surface area contributed by atoms with Crippen LogP contribution >= 0.6 is 0 Å². The zero-order valence-corrected chi connectivity index (χ0v) is 13.7. The minimum absolute atomic E-state index is 0.111. The Morgan fingerprint density at radius 1 is 1.18 bits per heavy atom. The van der Waals surface area contributed by atoms with Gasteiger partial charge in [0.15, 0.2) is 11.5 Å². The molecule has 2 atom stereocenters. The number of ether oxygens (including phenoxy) is 2. The lowest BCUT2D eigenvalue weighted by molar-refractivity contribution is -0.124. The Balaban J connectivity index is 2.01. The van der Waals surface area contributed by atoms with Crippen molar-refractivity contribution in [3.8, 4) is 11.5 Å². The molecule has 2 aliphatic rings. The number of likely N-dealkylation sites (tertiary alicyclic amines) is 1. The number of Topliss-reactive ketones (excluding diaryl/α,β-unsaturated/α-hetero) is 1. The summed E-state index contributed by atoms with van der Waals surface area (Å²) in [5.41, 5.74) is 1.41. The molecule has 0 N–H and O–H groups in total. The van der Waals surface area contributed by atoms with Crippen LogP contribution in [0.1, 0.15) is 31.2 Å². The molecule has 0 unspecified atom stereocenters. The second-order valence-electron chi connectivity index (χ2n) is 6.68. The molecule has 120 valence electrons. The number of carbonyl (C=O) groups is 1. The maximum atomic E-state index is 12.0. The number of hydrogen-bond acceptors (Lipinski definition) is 4. The van der Waals surface area contributed by atoms with Crippen molar-refractivity contribution >= 4 is 5.78 Å². The molecular formula is C18H25NO3. The van der Waals surface area contributed by atoms with E-state index in [0.29, 0.717) is 24.5 Å². The number of nitrogens with zero attached hydrogens (tertiary/aromatic N) is 1. The van der Waals surface area contributed by atoms with E-state index < -0.39 is 0 Å². The average molecular weight is 303 g/mol. The van der Waals surface area contributed by atoms with Crippen molar-refractivity contribution in [2.24, 2.45) is 5.92 Å². The third-order valence-electron chi connectivity index (χ3n) is 5.54. The van der Waals surface area contributed by atoms with Crippen LogP contribution in [0.25, 0.3) is 0 Å². The van der Waals surface area contributed by atoms with Crippen molar-refractivity contribution in [2.75, 3.05) is 34.4 Å². The fourth-order valence-electron chi connectivity index (χ4n) is 4.24. The fourth-order valence-corrected chi connectivity index (χ4v) is 4.24. The molecule has 0 bridgehead atoms. The molecule has 1 aliphatic heterocycles. The van der Waals surface area contributed by atoms with Gasteiger partial charge in [-0.2, -0.15) is 0 Å². The highest BCUT2D eigenvalue weighted by atomic mass is 16.5. The fraction of sp³-hybridized carbons (Fsp3) is 0.611. The lowest BCUT2D eigenvalue weighted by Gasteiger charge is -2.50. The number of piperidine rings is 1. The van der Waals surface area contributed by atoms with E-state index in [9.17, 15) is 4.79 Å². The van der Waals surface area contributed by atoms with Crippen molar-refractivity contribution in [1.29, 1.82) is 0 Å². The lowest BCUT2D eigenvalue weighted by Crippen LogP contribution is -2.51. The Kier molecular flexibility index (Phi) is 4.13. The van der Waals surface area contributed by atoms with Crippen LogP contribution in [0.2, 0.25) is 0 Å². The first-order valence-electron chi connectivity index (χ1n) is 8.02. The van der Waals surface area contributed by atoms with Gasteiger partial charge in [-0.25, -0.2) is 0 Å². The van der Waals surface area contributed by atoms with Gasteiger partial charge in [-0.1, -0.05) is 6.07 Å². The first-order valence-corrected chi connectivity index (χ1v) is 8.02. The first kappa shape index (κ1) is 15.3. The number of rotatable bonds is 3. The van der Waals surface area contributed by atoms with Gasteiger partial charge in [-0.05, 0) is 50.0 Å². The number of methoxy groups -OCH3 is 2. The molecule has 1 saturated carbocycles. The summed E-state index contributed by atoms with van der Waals surface area (Å²) < 4.78 is 10.8. The van der Waals surface area contributed by atoms with Gasteiger partial charge in [0, 0.05) is 24.8 Å². The van der Waals surface area contributed by atoms with Crippen molar-refractivity contribution in [3.05, 3.63) is 23.8 Å². The number of hydrogen-bond donors (Lipinski definition) is 0. The van der Waals surface area contributed by atoms with Gasteiger partial charge < -0.3 is 14.4 Å². The molecule has 22 heavy (non-hydrogen) atoms. The summed E-state index contributed by atoms with van der Waals surface area (Å²) in [6.45, 7) is 2.08. The van der Waals surface area contributed by atoms with Gasteiger partial charge in [0.05, 0.1) is 14.2 Å². The summed E-state index contributed by atoms with van der Waals surface area (Å²) in [6, 6.07) is 6.27. The summed E-state index contributed by atoms with van der Waals surface area (Å²) in [5, 5.41) is 0. The Bertz CT molecular complexity index is 571. The van der Waals surface area contributed by atoms with Crippen molar-refractivity contribution in [3.63, 3.8) is 0 Å². The molecule has 4 heteroatoms. The first-order chi connectivity index (χ1) is 10.6. The van der Waals surface area contributed by atoms with Crippen molar-refractivity contribution in [2.45, 2.75) is 31.1 Å². The van der Waals surface area contributed by atoms with Gasteiger partial charge in [-0.15, -0.1) is 0 Å². The minimum atomic E-state index is 0.111. The second-order valence-corrected chi connectivity index (χ2v) is 6.68. The predicted octanol–water partition coefficient (Wildman–Crippen LogP) is 2.65. The molecule has 3 rings (SSSR count). The van der Waals surface area contributed by atoms with E-state index >= 15 is 0 Å². The van der Waals surface area contributed by atoms with Gasteiger partial charge in [-0.3, -0.25) is 4.79 Å². The van der Waals surface area contributed by atoms with Crippen molar-refractivity contribution < 1.29 is 14.3 Å². The van der Waals surface area contributed by atoms with E-state index in [0.717, 1.165) is 37.4 Å². The van der Waals surface area contributed by atoms with Gasteiger partial charge in [0.25, 0.3) is 0 Å². The van der Waals surface area contributed by atoms with E-state index in [-0.39, 0.29) is 5.41 Å².